The third-order valence-corrected chi connectivity index (χ3v) is 2.65. The lowest BCUT2D eigenvalue weighted by Crippen LogP contribution is -2.47. The molecular formula is C6H11O7P. The van der Waals surface area contributed by atoms with Crippen LogP contribution in [0.15, 0.2) is 0 Å². The average molecular weight is 226 g/mol. The highest BCUT2D eigenvalue weighted by molar-refractivity contribution is 7.57. The SMILES string of the molecule is CP(=O)(O)CCC(O)(C(=O)O)C(=O)O. The summed E-state index contributed by atoms with van der Waals surface area (Å²) < 4.78 is 10.8. The largest absolute Gasteiger partial charge is 0.479 e. The molecule has 0 aliphatic heterocycles. The average Bonchev–Trinajstić information content (AvgIpc) is 1.97. The highest BCUT2D eigenvalue weighted by Crippen LogP contribution is 2.37. The van der Waals surface area contributed by atoms with Crippen LogP contribution in [-0.2, 0) is 14.2 Å². The summed E-state index contributed by atoms with van der Waals surface area (Å²) in [6.45, 7) is 0.955. The molecule has 0 aliphatic carbocycles. The molecule has 0 radical (unpaired) electrons. The van der Waals surface area contributed by atoms with Crippen molar-refractivity contribution in [1.82, 2.24) is 0 Å². The summed E-state index contributed by atoms with van der Waals surface area (Å²) in [6.07, 6.45) is -1.37. The zero-order valence-electron chi connectivity index (χ0n) is 7.38. The maximum Gasteiger partial charge on any atom is 0.347 e. The molecule has 0 aliphatic rings. The Morgan fingerprint density at radius 2 is 1.64 bits per heavy atom. The molecule has 1 atom stereocenters. The predicted octanol–water partition coefficient (Wildman–Crippen LogP) is -0.823. The highest BCUT2D eigenvalue weighted by Gasteiger charge is 2.45. The molecular weight excluding hydrogens is 215 g/mol. The molecule has 4 N–H and O–H groups in total. The molecule has 0 aromatic heterocycles. The molecule has 0 aromatic rings. The van der Waals surface area contributed by atoms with Crippen LogP contribution in [0.5, 0.6) is 0 Å². The Balaban J connectivity index is 4.65. The van der Waals surface area contributed by atoms with Gasteiger partial charge in [-0.1, -0.05) is 0 Å². The van der Waals surface area contributed by atoms with E-state index in [1.54, 1.807) is 0 Å². The first kappa shape index (κ1) is 13.1. The second kappa shape index (κ2) is 4.08. The minimum Gasteiger partial charge on any atom is -0.479 e. The van der Waals surface area contributed by atoms with E-state index in [1.807, 2.05) is 0 Å². The topological polar surface area (TPSA) is 132 Å². The third kappa shape index (κ3) is 3.45. The van der Waals surface area contributed by atoms with Crippen LogP contribution in [-0.4, -0.2) is 50.6 Å². The van der Waals surface area contributed by atoms with Crippen LogP contribution in [0, 0.1) is 0 Å². The lowest BCUT2D eigenvalue weighted by atomic mass is 10.0. The number of carboxylic acids is 2. The summed E-state index contributed by atoms with van der Waals surface area (Å²) in [4.78, 5) is 29.6. The van der Waals surface area contributed by atoms with E-state index in [2.05, 4.69) is 0 Å². The fourth-order valence-corrected chi connectivity index (χ4v) is 1.41. The number of rotatable bonds is 5. The molecule has 0 fully saturated rings. The summed E-state index contributed by atoms with van der Waals surface area (Å²) in [7, 11) is -3.53. The molecule has 8 heteroatoms. The van der Waals surface area contributed by atoms with Crippen molar-refractivity contribution >= 4 is 19.3 Å². The van der Waals surface area contributed by atoms with Gasteiger partial charge in [-0.25, -0.2) is 9.59 Å². The number of carboxylic acid groups (broad SMARTS) is 2. The molecule has 0 amide bonds. The van der Waals surface area contributed by atoms with Crippen molar-refractivity contribution in [1.29, 1.82) is 0 Å². The zero-order valence-corrected chi connectivity index (χ0v) is 8.27. The van der Waals surface area contributed by atoms with Crippen LogP contribution in [0.1, 0.15) is 6.42 Å². The summed E-state index contributed by atoms with van der Waals surface area (Å²) in [5.74, 6) is -3.89. The zero-order chi connectivity index (χ0) is 11.6. The molecule has 1 unspecified atom stereocenters. The van der Waals surface area contributed by atoms with Gasteiger partial charge in [-0.15, -0.1) is 0 Å². The van der Waals surface area contributed by atoms with Gasteiger partial charge in [0.05, 0.1) is 0 Å². The first-order chi connectivity index (χ1) is 6.09. The minimum atomic E-state index is -3.53. The van der Waals surface area contributed by atoms with Gasteiger partial charge in [0.1, 0.15) is 0 Å². The van der Waals surface area contributed by atoms with Gasteiger partial charge in [-0.2, -0.15) is 0 Å². The van der Waals surface area contributed by atoms with Crippen molar-refractivity contribution in [2.75, 3.05) is 12.8 Å². The smallest absolute Gasteiger partial charge is 0.347 e. The van der Waals surface area contributed by atoms with Crippen molar-refractivity contribution in [2.45, 2.75) is 12.0 Å². The van der Waals surface area contributed by atoms with E-state index in [0.29, 0.717) is 0 Å². The van der Waals surface area contributed by atoms with Crippen molar-refractivity contribution in [3.8, 4) is 0 Å². The van der Waals surface area contributed by atoms with Crippen molar-refractivity contribution in [3.05, 3.63) is 0 Å². The van der Waals surface area contributed by atoms with Crippen LogP contribution >= 0.6 is 7.37 Å². The van der Waals surface area contributed by atoms with Crippen molar-refractivity contribution in [3.63, 3.8) is 0 Å². The Bertz CT molecular complexity index is 277. The molecule has 0 aromatic carbocycles. The first-order valence-corrected chi connectivity index (χ1v) is 5.87. The molecule has 0 bridgehead atoms. The van der Waals surface area contributed by atoms with Gasteiger partial charge in [0.2, 0.25) is 0 Å². The fourth-order valence-electron chi connectivity index (χ4n) is 0.675. The molecule has 0 heterocycles. The Labute approximate surface area is 79.4 Å². The van der Waals surface area contributed by atoms with Crippen LogP contribution in [0.25, 0.3) is 0 Å². The van der Waals surface area contributed by atoms with Gasteiger partial charge in [0.15, 0.2) is 7.37 Å². The van der Waals surface area contributed by atoms with E-state index in [0.717, 1.165) is 6.66 Å². The highest BCUT2D eigenvalue weighted by atomic mass is 31.2. The van der Waals surface area contributed by atoms with E-state index in [-0.39, 0.29) is 0 Å². The summed E-state index contributed by atoms with van der Waals surface area (Å²) >= 11 is 0. The van der Waals surface area contributed by atoms with Crippen LogP contribution in [0.2, 0.25) is 0 Å². The number of hydrogen-bond donors (Lipinski definition) is 4. The lowest BCUT2D eigenvalue weighted by molar-refractivity contribution is -0.175. The van der Waals surface area contributed by atoms with E-state index < -0.39 is 37.5 Å². The Morgan fingerprint density at radius 1 is 1.29 bits per heavy atom. The monoisotopic (exact) mass is 226 g/mol. The second-order valence-corrected chi connectivity index (χ2v) is 5.54. The number of hydrogen-bond acceptors (Lipinski definition) is 4. The van der Waals surface area contributed by atoms with Gasteiger partial charge >= 0.3 is 11.9 Å². The number of aliphatic carboxylic acids is 2. The van der Waals surface area contributed by atoms with E-state index in [9.17, 15) is 14.2 Å². The number of aliphatic hydroxyl groups is 1. The van der Waals surface area contributed by atoms with E-state index in [4.69, 9.17) is 20.2 Å². The normalized spacial score (nSPS) is 15.9. The summed E-state index contributed by atoms with van der Waals surface area (Å²) in [5.41, 5.74) is -2.99. The Hall–Kier alpha value is -0.910. The van der Waals surface area contributed by atoms with Crippen molar-refractivity contribution < 1.29 is 34.4 Å². The van der Waals surface area contributed by atoms with E-state index in [1.165, 1.54) is 0 Å². The maximum atomic E-state index is 10.8. The standard InChI is InChI=1S/C6H11O7P/c1-14(12,13)3-2-6(11,4(7)8)5(9)10/h11H,2-3H2,1H3,(H,7,8)(H,9,10)(H,12,13). The third-order valence-electron chi connectivity index (χ3n) is 1.60. The van der Waals surface area contributed by atoms with Crippen LogP contribution in [0.4, 0.5) is 0 Å². The molecule has 0 saturated heterocycles. The molecule has 14 heavy (non-hydrogen) atoms. The first-order valence-electron chi connectivity index (χ1n) is 3.58. The van der Waals surface area contributed by atoms with Gasteiger partial charge in [0.25, 0.3) is 5.60 Å². The molecule has 0 saturated carbocycles. The molecule has 7 nitrogen and oxygen atoms in total. The van der Waals surface area contributed by atoms with Crippen molar-refractivity contribution in [2.24, 2.45) is 0 Å². The summed E-state index contributed by atoms with van der Waals surface area (Å²) in [6, 6.07) is 0. The molecule has 0 rings (SSSR count). The molecule has 82 valence electrons. The predicted molar refractivity (Wildman–Crippen MR) is 45.5 cm³/mol. The fraction of sp³-hybridized carbons (Fsp3) is 0.667. The van der Waals surface area contributed by atoms with Gasteiger partial charge in [0, 0.05) is 19.2 Å². The molecule has 0 spiro atoms. The summed E-state index contributed by atoms with van der Waals surface area (Å²) in [5, 5.41) is 25.9. The Kier molecular flexibility index (Phi) is 3.81. The lowest BCUT2D eigenvalue weighted by Gasteiger charge is -2.18. The second-order valence-electron chi connectivity index (χ2n) is 3.00. The Morgan fingerprint density at radius 3 is 1.86 bits per heavy atom. The van der Waals surface area contributed by atoms with Gasteiger partial charge in [-0.05, 0) is 0 Å². The quantitative estimate of drug-likeness (QED) is 0.355. The van der Waals surface area contributed by atoms with Gasteiger partial charge < -0.3 is 20.2 Å². The number of carbonyl (C=O) groups is 2. The van der Waals surface area contributed by atoms with Crippen LogP contribution in [0.3, 0.4) is 0 Å². The van der Waals surface area contributed by atoms with E-state index >= 15 is 0 Å². The van der Waals surface area contributed by atoms with Gasteiger partial charge in [-0.3, -0.25) is 4.57 Å². The van der Waals surface area contributed by atoms with Crippen LogP contribution < -0.4 is 0 Å². The maximum absolute atomic E-state index is 10.8. The minimum absolute atomic E-state index is 0.567.